The molecule has 2 heterocycles. The van der Waals surface area contributed by atoms with E-state index >= 15 is 0 Å². The third kappa shape index (κ3) is 5.92. The van der Waals surface area contributed by atoms with Gasteiger partial charge in [-0.05, 0) is 47.0 Å². The summed E-state index contributed by atoms with van der Waals surface area (Å²) in [4.78, 5) is 4.64. The first-order valence-electron chi connectivity index (χ1n) is 8.37. The molecule has 8 heteroatoms. The van der Waals surface area contributed by atoms with Gasteiger partial charge in [0.15, 0.2) is 17.5 Å². The van der Waals surface area contributed by atoms with E-state index in [4.69, 9.17) is 21.1 Å². The summed E-state index contributed by atoms with van der Waals surface area (Å²) >= 11 is 8.03. The molecule has 0 unspecified atom stereocenters. The Labute approximate surface area is 180 Å². The van der Waals surface area contributed by atoms with Crippen LogP contribution in [0.3, 0.4) is 0 Å². The van der Waals surface area contributed by atoms with Gasteiger partial charge in [-0.25, -0.2) is 4.99 Å². The Morgan fingerprint density at radius 3 is 2.85 bits per heavy atom. The van der Waals surface area contributed by atoms with Crippen molar-refractivity contribution in [2.75, 3.05) is 19.8 Å². The normalized spacial score (nSPS) is 13.5. The summed E-state index contributed by atoms with van der Waals surface area (Å²) < 4.78 is 11.4. The number of benzene rings is 1. The van der Waals surface area contributed by atoms with E-state index in [1.54, 1.807) is 11.3 Å². The Morgan fingerprint density at radius 2 is 2.08 bits per heavy atom. The number of thiophene rings is 1. The third-order valence-electron chi connectivity index (χ3n) is 3.67. The molecule has 0 radical (unpaired) electrons. The summed E-state index contributed by atoms with van der Waals surface area (Å²) in [6.45, 7) is 5.37. The van der Waals surface area contributed by atoms with Gasteiger partial charge in [0.05, 0.1) is 24.8 Å². The minimum absolute atomic E-state index is 0. The van der Waals surface area contributed by atoms with Crippen molar-refractivity contribution in [3.8, 4) is 11.5 Å². The van der Waals surface area contributed by atoms with Gasteiger partial charge in [-0.1, -0.05) is 11.6 Å². The molecule has 0 bridgehead atoms. The van der Waals surface area contributed by atoms with Gasteiger partial charge in [0.25, 0.3) is 0 Å². The molecule has 0 aliphatic carbocycles. The fraction of sp³-hybridized carbons (Fsp3) is 0.389. The van der Waals surface area contributed by atoms with E-state index in [1.807, 2.05) is 19.1 Å². The highest BCUT2D eigenvalue weighted by molar-refractivity contribution is 14.0. The van der Waals surface area contributed by atoms with Crippen molar-refractivity contribution in [1.82, 2.24) is 10.6 Å². The number of aliphatic imine (C=N–C) groups is 1. The van der Waals surface area contributed by atoms with Gasteiger partial charge in [-0.2, -0.15) is 11.3 Å². The van der Waals surface area contributed by atoms with E-state index in [-0.39, 0.29) is 24.0 Å². The van der Waals surface area contributed by atoms with Crippen LogP contribution in [0.4, 0.5) is 0 Å². The maximum atomic E-state index is 6.34. The smallest absolute Gasteiger partial charge is 0.191 e. The van der Waals surface area contributed by atoms with Gasteiger partial charge < -0.3 is 20.1 Å². The molecule has 1 aliphatic rings. The zero-order valence-electron chi connectivity index (χ0n) is 14.6. The zero-order valence-corrected chi connectivity index (χ0v) is 18.5. The number of fused-ring (bicyclic) bond motifs is 1. The van der Waals surface area contributed by atoms with E-state index in [2.05, 4.69) is 32.5 Å². The van der Waals surface area contributed by atoms with E-state index in [0.717, 1.165) is 31.0 Å². The van der Waals surface area contributed by atoms with Crippen LogP contribution in [0, 0.1) is 0 Å². The second-order valence-corrected chi connectivity index (χ2v) is 6.82. The highest BCUT2D eigenvalue weighted by Crippen LogP contribution is 2.38. The first kappa shape index (κ1) is 21.1. The zero-order chi connectivity index (χ0) is 17.5. The lowest BCUT2D eigenvalue weighted by Gasteiger charge is -2.12. The maximum Gasteiger partial charge on any atom is 0.191 e. The summed E-state index contributed by atoms with van der Waals surface area (Å²) in [5, 5.41) is 11.4. The minimum atomic E-state index is 0. The van der Waals surface area contributed by atoms with E-state index in [0.29, 0.717) is 36.3 Å². The van der Waals surface area contributed by atoms with Crippen molar-refractivity contribution in [2.24, 2.45) is 4.99 Å². The topological polar surface area (TPSA) is 54.9 Å². The monoisotopic (exact) mass is 507 g/mol. The predicted octanol–water partition coefficient (Wildman–Crippen LogP) is 4.44. The molecule has 26 heavy (non-hydrogen) atoms. The number of nitrogens with one attached hydrogen (secondary N) is 2. The van der Waals surface area contributed by atoms with Crippen LogP contribution in [-0.2, 0) is 13.1 Å². The van der Waals surface area contributed by atoms with E-state index in [1.165, 1.54) is 5.56 Å². The molecule has 5 nitrogen and oxygen atoms in total. The molecule has 1 aromatic carbocycles. The van der Waals surface area contributed by atoms with Gasteiger partial charge in [-0.3, -0.25) is 0 Å². The second kappa shape index (κ2) is 10.8. The fourth-order valence-corrected chi connectivity index (χ4v) is 3.42. The number of hydrogen-bond donors (Lipinski definition) is 2. The lowest BCUT2D eigenvalue weighted by atomic mass is 10.2. The molecule has 2 aromatic rings. The quantitative estimate of drug-likeness (QED) is 0.357. The molecule has 3 rings (SSSR count). The molecule has 0 amide bonds. The number of nitrogens with zero attached hydrogens (tertiary/aromatic N) is 1. The Hall–Kier alpha value is -1.19. The first-order chi connectivity index (χ1) is 12.3. The molecule has 0 saturated heterocycles. The summed E-state index contributed by atoms with van der Waals surface area (Å²) in [5.74, 6) is 2.11. The predicted molar refractivity (Wildman–Crippen MR) is 118 cm³/mol. The van der Waals surface area contributed by atoms with Crippen molar-refractivity contribution in [3.05, 3.63) is 45.1 Å². The summed E-state index contributed by atoms with van der Waals surface area (Å²) in [7, 11) is 0. The molecule has 1 aromatic heterocycles. The Kier molecular flexibility index (Phi) is 8.80. The Bertz CT molecular complexity index is 725. The Balaban J connectivity index is 0.00000243. The van der Waals surface area contributed by atoms with E-state index < -0.39 is 0 Å². The summed E-state index contributed by atoms with van der Waals surface area (Å²) in [6, 6.07) is 5.95. The molecule has 1 aliphatic heterocycles. The van der Waals surface area contributed by atoms with E-state index in [9.17, 15) is 0 Å². The van der Waals surface area contributed by atoms with Crippen LogP contribution in [0.25, 0.3) is 0 Å². The lowest BCUT2D eigenvalue weighted by molar-refractivity contribution is 0.297. The fourth-order valence-electron chi connectivity index (χ4n) is 2.47. The van der Waals surface area contributed by atoms with Gasteiger partial charge in [0.1, 0.15) is 0 Å². The maximum absolute atomic E-state index is 6.34. The summed E-state index contributed by atoms with van der Waals surface area (Å²) in [5.41, 5.74) is 2.23. The molecule has 142 valence electrons. The molecule has 2 N–H and O–H groups in total. The van der Waals surface area contributed by atoms with Crippen LogP contribution in [-0.4, -0.2) is 25.7 Å². The van der Waals surface area contributed by atoms with Crippen molar-refractivity contribution >= 4 is 52.9 Å². The lowest BCUT2D eigenvalue weighted by Crippen LogP contribution is -2.36. The molecule has 0 atom stereocenters. The molecular weight excluding hydrogens is 485 g/mol. The SMILES string of the molecule is CCNC(=NCc1cc(Cl)c2c(c1)OCCCO2)NCc1ccsc1.I. The van der Waals surface area contributed by atoms with Crippen LogP contribution in [0.2, 0.25) is 5.02 Å². The molecule has 0 fully saturated rings. The van der Waals surface area contributed by atoms with Gasteiger partial charge in [0.2, 0.25) is 0 Å². The number of rotatable bonds is 5. The largest absolute Gasteiger partial charge is 0.489 e. The third-order valence-corrected chi connectivity index (χ3v) is 4.68. The van der Waals surface area contributed by atoms with Crippen molar-refractivity contribution in [2.45, 2.75) is 26.4 Å². The molecular formula is C18H23ClIN3O2S. The first-order valence-corrected chi connectivity index (χ1v) is 9.69. The highest BCUT2D eigenvalue weighted by atomic mass is 127. The van der Waals surface area contributed by atoms with Crippen LogP contribution < -0.4 is 20.1 Å². The average Bonchev–Trinajstić information content (AvgIpc) is 3.01. The van der Waals surface area contributed by atoms with Gasteiger partial charge in [-0.15, -0.1) is 24.0 Å². The van der Waals surface area contributed by atoms with Crippen molar-refractivity contribution in [1.29, 1.82) is 0 Å². The Morgan fingerprint density at radius 1 is 1.23 bits per heavy atom. The highest BCUT2D eigenvalue weighted by Gasteiger charge is 2.15. The van der Waals surface area contributed by atoms with Crippen LogP contribution >= 0.6 is 46.9 Å². The average molecular weight is 508 g/mol. The standard InChI is InChI=1S/C18H22ClN3O2S.HI/c1-2-20-18(21-10-13-4-7-25-12-13)22-11-14-8-15(19)17-16(9-14)23-5-3-6-24-17;/h4,7-9,12H,2-3,5-6,10-11H2,1H3,(H2,20,21,22);1H. The van der Waals surface area contributed by atoms with Crippen LogP contribution in [0.15, 0.2) is 34.0 Å². The van der Waals surface area contributed by atoms with Crippen LogP contribution in [0.1, 0.15) is 24.5 Å². The van der Waals surface area contributed by atoms with Gasteiger partial charge >= 0.3 is 0 Å². The number of guanidine groups is 1. The summed E-state index contributed by atoms with van der Waals surface area (Å²) in [6.07, 6.45) is 0.857. The molecule has 0 saturated carbocycles. The number of hydrogen-bond acceptors (Lipinski definition) is 4. The second-order valence-electron chi connectivity index (χ2n) is 5.64. The number of ether oxygens (including phenoxy) is 2. The minimum Gasteiger partial charge on any atom is -0.489 e. The number of halogens is 2. The molecule has 0 spiro atoms. The van der Waals surface area contributed by atoms with Crippen molar-refractivity contribution < 1.29 is 9.47 Å². The van der Waals surface area contributed by atoms with Gasteiger partial charge in [0, 0.05) is 19.5 Å². The van der Waals surface area contributed by atoms with Crippen molar-refractivity contribution in [3.63, 3.8) is 0 Å². The van der Waals surface area contributed by atoms with Crippen LogP contribution in [0.5, 0.6) is 11.5 Å².